The molecule has 3 rings (SSSR count). The molecule has 2 saturated heterocycles. The molecule has 0 bridgehead atoms. The van der Waals surface area contributed by atoms with Crippen molar-refractivity contribution < 1.29 is 28.7 Å². The van der Waals surface area contributed by atoms with Crippen LogP contribution in [0.4, 0.5) is 0 Å². The number of Topliss-reactive ketones (excluding diaryl/α,β-unsaturated/α-hetero) is 1. The minimum absolute atomic E-state index is 0.00614. The Bertz CT molecular complexity index is 964. The van der Waals surface area contributed by atoms with Crippen molar-refractivity contribution in [1.82, 2.24) is 10.2 Å². The van der Waals surface area contributed by atoms with E-state index in [1.807, 2.05) is 19.1 Å². The zero-order valence-electron chi connectivity index (χ0n) is 20.4. The van der Waals surface area contributed by atoms with Gasteiger partial charge in [0.05, 0.1) is 19.3 Å². The maximum absolute atomic E-state index is 12.9. The molecule has 2 amide bonds. The minimum Gasteiger partial charge on any atom is -0.468 e. The van der Waals surface area contributed by atoms with Gasteiger partial charge in [-0.25, -0.2) is 0 Å². The summed E-state index contributed by atoms with van der Waals surface area (Å²) in [7, 11) is 1.23. The number of nitrogens with one attached hydrogen (secondary N) is 1. The summed E-state index contributed by atoms with van der Waals surface area (Å²) in [5.41, 5.74) is 0.422. The number of likely N-dealkylation sites (tertiary alicyclic amines) is 1. The van der Waals surface area contributed by atoms with Gasteiger partial charge in [-0.3, -0.25) is 19.2 Å². The number of hydrogen-bond donors (Lipinski definition) is 1. The van der Waals surface area contributed by atoms with Crippen LogP contribution >= 0.6 is 0 Å². The van der Waals surface area contributed by atoms with Crippen molar-refractivity contribution in [1.29, 1.82) is 0 Å². The molecule has 0 saturated carbocycles. The lowest BCUT2D eigenvalue weighted by Crippen LogP contribution is -2.55. The highest BCUT2D eigenvalue weighted by Crippen LogP contribution is 2.39. The predicted molar refractivity (Wildman–Crippen MR) is 126 cm³/mol. The van der Waals surface area contributed by atoms with E-state index >= 15 is 0 Å². The summed E-state index contributed by atoms with van der Waals surface area (Å²) in [6, 6.07) is 7.43. The van der Waals surface area contributed by atoms with Crippen molar-refractivity contribution in [3.05, 3.63) is 47.5 Å². The molecule has 184 valence electrons. The number of esters is 1. The van der Waals surface area contributed by atoms with Gasteiger partial charge in [0.2, 0.25) is 5.91 Å². The maximum Gasteiger partial charge on any atom is 0.322 e. The van der Waals surface area contributed by atoms with Gasteiger partial charge in [0, 0.05) is 36.7 Å². The average Bonchev–Trinajstić information content (AvgIpc) is 2.84. The van der Waals surface area contributed by atoms with E-state index in [0.29, 0.717) is 31.5 Å². The molecular weight excluding hydrogens is 436 g/mol. The Morgan fingerprint density at radius 1 is 1.21 bits per heavy atom. The van der Waals surface area contributed by atoms with E-state index in [1.165, 1.54) is 14.0 Å². The molecule has 34 heavy (non-hydrogen) atoms. The Morgan fingerprint density at radius 2 is 1.82 bits per heavy atom. The number of rotatable bonds is 6. The second-order valence-electron chi connectivity index (χ2n) is 9.35. The van der Waals surface area contributed by atoms with Crippen molar-refractivity contribution in [2.45, 2.75) is 64.7 Å². The van der Waals surface area contributed by atoms with E-state index in [0.717, 1.165) is 5.56 Å². The maximum atomic E-state index is 12.9. The summed E-state index contributed by atoms with van der Waals surface area (Å²) in [6.45, 7) is 10.00. The lowest BCUT2D eigenvalue weighted by atomic mass is 9.72. The number of benzene rings is 1. The standard InChI is InChI=1S/C26H34N2O6/c1-16-6-8-19(9-7-16)24(31)27-20-12-14-28(15-13-20)22(29)11-10-21-26(4,25(32)33-5)23(30)17(2)18(3)34-21/h6-9,18,20-21H,2,10-15H2,1,3-5H3,(H,27,31). The highest BCUT2D eigenvalue weighted by atomic mass is 16.5. The van der Waals surface area contributed by atoms with E-state index < -0.39 is 29.4 Å². The molecule has 0 spiro atoms. The first-order chi connectivity index (χ1) is 16.1. The van der Waals surface area contributed by atoms with E-state index in [9.17, 15) is 19.2 Å². The Labute approximate surface area is 200 Å². The molecular formula is C26H34N2O6. The van der Waals surface area contributed by atoms with Crippen molar-refractivity contribution in [3.63, 3.8) is 0 Å². The molecule has 1 aromatic carbocycles. The van der Waals surface area contributed by atoms with Gasteiger partial charge in [0.15, 0.2) is 11.2 Å². The van der Waals surface area contributed by atoms with Gasteiger partial charge in [0.25, 0.3) is 5.91 Å². The quantitative estimate of drug-likeness (QED) is 0.390. The summed E-state index contributed by atoms with van der Waals surface area (Å²) in [5.74, 6) is -1.26. The molecule has 2 aliphatic rings. The van der Waals surface area contributed by atoms with Gasteiger partial charge in [-0.05, 0) is 52.2 Å². The zero-order chi connectivity index (χ0) is 25.0. The third-order valence-electron chi connectivity index (χ3n) is 6.99. The second kappa shape index (κ2) is 10.5. The molecule has 2 fully saturated rings. The average molecular weight is 471 g/mol. The fraction of sp³-hybridized carbons (Fsp3) is 0.538. The first-order valence-corrected chi connectivity index (χ1v) is 11.7. The van der Waals surface area contributed by atoms with Gasteiger partial charge in [-0.2, -0.15) is 0 Å². The summed E-state index contributed by atoms with van der Waals surface area (Å²) in [4.78, 5) is 52.4. The van der Waals surface area contributed by atoms with Crippen LogP contribution in [0.2, 0.25) is 0 Å². The second-order valence-corrected chi connectivity index (χ2v) is 9.35. The topological polar surface area (TPSA) is 102 Å². The SMILES string of the molecule is C=C1C(=O)C(C)(C(=O)OC)C(CCC(=O)N2CCC(NC(=O)c3ccc(C)cc3)CC2)OC1C. The normalized spacial score (nSPS) is 25.7. The van der Waals surface area contributed by atoms with Gasteiger partial charge in [-0.1, -0.05) is 24.3 Å². The highest BCUT2D eigenvalue weighted by molar-refractivity contribution is 6.13. The molecule has 0 aromatic heterocycles. The van der Waals surface area contributed by atoms with Gasteiger partial charge in [-0.15, -0.1) is 0 Å². The molecule has 1 aromatic rings. The number of carbonyl (C=O) groups excluding carboxylic acids is 4. The van der Waals surface area contributed by atoms with Gasteiger partial charge in [0.1, 0.15) is 0 Å². The first kappa shape index (κ1) is 25.6. The highest BCUT2D eigenvalue weighted by Gasteiger charge is 2.54. The van der Waals surface area contributed by atoms with Crippen LogP contribution in [0.5, 0.6) is 0 Å². The number of amides is 2. The summed E-state index contributed by atoms with van der Waals surface area (Å²) in [6.07, 6.45) is 0.389. The molecule has 2 heterocycles. The van der Waals surface area contributed by atoms with Gasteiger partial charge >= 0.3 is 5.97 Å². The van der Waals surface area contributed by atoms with Gasteiger partial charge < -0.3 is 19.7 Å². The summed E-state index contributed by atoms with van der Waals surface area (Å²) >= 11 is 0. The van der Waals surface area contributed by atoms with Crippen molar-refractivity contribution in [2.75, 3.05) is 20.2 Å². The zero-order valence-corrected chi connectivity index (χ0v) is 20.4. The fourth-order valence-electron chi connectivity index (χ4n) is 4.58. The van der Waals surface area contributed by atoms with Crippen LogP contribution in [0.15, 0.2) is 36.4 Å². The Balaban J connectivity index is 1.53. The monoisotopic (exact) mass is 470 g/mol. The smallest absolute Gasteiger partial charge is 0.322 e. The number of ketones is 1. The Morgan fingerprint density at radius 3 is 2.41 bits per heavy atom. The summed E-state index contributed by atoms with van der Waals surface area (Å²) < 4.78 is 10.8. The van der Waals surface area contributed by atoms with Crippen LogP contribution in [0.1, 0.15) is 55.5 Å². The number of nitrogens with zero attached hydrogens (tertiary/aromatic N) is 1. The number of methoxy groups -OCH3 is 1. The molecule has 0 radical (unpaired) electrons. The molecule has 3 unspecified atom stereocenters. The fourth-order valence-corrected chi connectivity index (χ4v) is 4.58. The lowest BCUT2D eigenvalue weighted by Gasteiger charge is -2.41. The lowest BCUT2D eigenvalue weighted by molar-refractivity contribution is -0.176. The van der Waals surface area contributed by atoms with Crippen LogP contribution in [-0.4, -0.2) is 66.9 Å². The number of ether oxygens (including phenoxy) is 2. The molecule has 8 nitrogen and oxygen atoms in total. The largest absolute Gasteiger partial charge is 0.468 e. The summed E-state index contributed by atoms with van der Waals surface area (Å²) in [5, 5.41) is 3.05. The van der Waals surface area contributed by atoms with Crippen LogP contribution in [-0.2, 0) is 23.9 Å². The third-order valence-corrected chi connectivity index (χ3v) is 6.99. The van der Waals surface area contributed by atoms with Crippen LogP contribution in [0, 0.1) is 12.3 Å². The van der Waals surface area contributed by atoms with E-state index in [2.05, 4.69) is 11.9 Å². The van der Waals surface area contributed by atoms with Crippen LogP contribution < -0.4 is 5.32 Å². The number of hydrogen-bond acceptors (Lipinski definition) is 6. The third kappa shape index (κ3) is 5.22. The first-order valence-electron chi connectivity index (χ1n) is 11.7. The Kier molecular flexibility index (Phi) is 7.92. The van der Waals surface area contributed by atoms with E-state index in [4.69, 9.17) is 9.47 Å². The van der Waals surface area contributed by atoms with E-state index in [-0.39, 0.29) is 36.3 Å². The van der Waals surface area contributed by atoms with Crippen molar-refractivity contribution in [3.8, 4) is 0 Å². The minimum atomic E-state index is -1.52. The molecule has 1 N–H and O–H groups in total. The van der Waals surface area contributed by atoms with Crippen LogP contribution in [0.25, 0.3) is 0 Å². The Hall–Kier alpha value is -3.00. The van der Waals surface area contributed by atoms with Crippen molar-refractivity contribution >= 4 is 23.6 Å². The molecule has 0 aliphatic carbocycles. The van der Waals surface area contributed by atoms with E-state index in [1.54, 1.807) is 24.0 Å². The molecule has 2 aliphatic heterocycles. The number of aryl methyl sites for hydroxylation is 1. The van der Waals surface area contributed by atoms with Crippen LogP contribution in [0.3, 0.4) is 0 Å². The molecule has 8 heteroatoms. The predicted octanol–water partition coefficient (Wildman–Crippen LogP) is 2.59. The number of piperidine rings is 1. The molecule has 3 atom stereocenters. The number of carbonyl (C=O) groups is 4. The van der Waals surface area contributed by atoms with Crippen molar-refractivity contribution in [2.24, 2.45) is 5.41 Å².